The lowest BCUT2D eigenvalue weighted by Gasteiger charge is -2.39. The molecule has 2 saturated heterocycles. The molecule has 3 aliphatic rings. The van der Waals surface area contributed by atoms with Crippen molar-refractivity contribution >= 4 is 17.4 Å². The Bertz CT molecular complexity index is 1780. The predicted octanol–water partition coefficient (Wildman–Crippen LogP) is 4.99. The van der Waals surface area contributed by atoms with Crippen LogP contribution in [0.3, 0.4) is 0 Å². The molecule has 3 fully saturated rings. The van der Waals surface area contributed by atoms with E-state index in [0.717, 1.165) is 83.6 Å². The number of aromatic amines is 1. The van der Waals surface area contributed by atoms with Gasteiger partial charge in [-0.1, -0.05) is 6.07 Å². The lowest BCUT2D eigenvalue weighted by atomic mass is 9.85. The van der Waals surface area contributed by atoms with Gasteiger partial charge in [-0.25, -0.2) is 4.98 Å². The molecule has 43 heavy (non-hydrogen) atoms. The number of carbonyl (C=O) groups excluding carboxylic acids is 1. The maximum absolute atomic E-state index is 13.2. The lowest BCUT2D eigenvalue weighted by molar-refractivity contribution is 0.0557. The van der Waals surface area contributed by atoms with Crippen molar-refractivity contribution < 1.29 is 9.53 Å². The van der Waals surface area contributed by atoms with E-state index in [-0.39, 0.29) is 23.9 Å². The van der Waals surface area contributed by atoms with Gasteiger partial charge in [0.15, 0.2) is 5.65 Å². The normalized spacial score (nSPS) is 21.4. The van der Waals surface area contributed by atoms with Crippen LogP contribution in [0.5, 0.6) is 5.75 Å². The fourth-order valence-corrected chi connectivity index (χ4v) is 7.13. The summed E-state index contributed by atoms with van der Waals surface area (Å²) >= 11 is 0. The highest BCUT2D eigenvalue weighted by Crippen LogP contribution is 2.50. The van der Waals surface area contributed by atoms with Gasteiger partial charge in [-0.15, -0.1) is 10.2 Å². The van der Waals surface area contributed by atoms with Crippen LogP contribution in [-0.2, 0) is 0 Å². The van der Waals surface area contributed by atoms with Crippen LogP contribution in [0, 0.1) is 0 Å². The molecular formula is C32H33N9O2. The number of nitrogens with zero attached hydrogens (tertiary/aromatic N) is 7. The van der Waals surface area contributed by atoms with E-state index in [9.17, 15) is 4.79 Å². The van der Waals surface area contributed by atoms with Crippen LogP contribution in [-0.4, -0.2) is 64.3 Å². The second-order valence-corrected chi connectivity index (χ2v) is 11.9. The van der Waals surface area contributed by atoms with Crippen LogP contribution in [0.2, 0.25) is 0 Å². The number of anilines is 1. The predicted molar refractivity (Wildman–Crippen MR) is 161 cm³/mol. The van der Waals surface area contributed by atoms with E-state index in [1.54, 1.807) is 4.52 Å². The van der Waals surface area contributed by atoms with Crippen molar-refractivity contribution in [1.29, 1.82) is 0 Å². The quantitative estimate of drug-likeness (QED) is 0.277. The maximum Gasteiger partial charge on any atom is 0.292 e. The molecule has 5 aromatic rings. The van der Waals surface area contributed by atoms with Crippen molar-refractivity contribution in [3.05, 3.63) is 72.2 Å². The van der Waals surface area contributed by atoms with Gasteiger partial charge in [0.25, 0.3) is 5.91 Å². The number of amides is 1. The summed E-state index contributed by atoms with van der Waals surface area (Å²) in [4.78, 5) is 28.2. The molecule has 1 amide bonds. The van der Waals surface area contributed by atoms with Gasteiger partial charge in [-0.3, -0.25) is 9.78 Å². The molecule has 6 heterocycles. The van der Waals surface area contributed by atoms with Crippen LogP contribution in [0.1, 0.15) is 79.2 Å². The van der Waals surface area contributed by atoms with Crippen LogP contribution >= 0.6 is 0 Å². The monoisotopic (exact) mass is 575 g/mol. The Morgan fingerprint density at radius 2 is 1.77 bits per heavy atom. The average molecular weight is 576 g/mol. The molecule has 11 heteroatoms. The number of benzene rings is 1. The third-order valence-corrected chi connectivity index (χ3v) is 9.25. The molecule has 2 aliphatic heterocycles. The number of carbonyl (C=O) groups is 1. The first-order chi connectivity index (χ1) is 21.1. The van der Waals surface area contributed by atoms with Gasteiger partial charge in [0.1, 0.15) is 17.9 Å². The zero-order valence-corrected chi connectivity index (χ0v) is 24.0. The molecule has 0 radical (unpaired) electrons. The molecule has 3 N–H and O–H groups in total. The third kappa shape index (κ3) is 4.41. The van der Waals surface area contributed by atoms with Crippen LogP contribution in [0.4, 0.5) is 5.82 Å². The number of rotatable bonds is 7. The zero-order chi connectivity index (χ0) is 29.1. The number of fused-ring (bicyclic) bond motifs is 3. The van der Waals surface area contributed by atoms with Crippen LogP contribution in [0.25, 0.3) is 28.0 Å². The second-order valence-electron chi connectivity index (χ2n) is 11.9. The first-order valence-electron chi connectivity index (χ1n) is 15.1. The molecule has 1 aromatic carbocycles. The van der Waals surface area contributed by atoms with Gasteiger partial charge in [0.2, 0.25) is 5.82 Å². The minimum absolute atomic E-state index is 0.0620. The van der Waals surface area contributed by atoms with E-state index < -0.39 is 0 Å². The summed E-state index contributed by atoms with van der Waals surface area (Å²) in [7, 11) is 0. The van der Waals surface area contributed by atoms with E-state index in [4.69, 9.17) is 20.4 Å². The Morgan fingerprint density at radius 1 is 1.00 bits per heavy atom. The first-order valence-corrected chi connectivity index (χ1v) is 15.1. The summed E-state index contributed by atoms with van der Waals surface area (Å²) in [6, 6.07) is 12.4. The zero-order valence-electron chi connectivity index (χ0n) is 24.0. The summed E-state index contributed by atoms with van der Waals surface area (Å²) in [6.07, 6.45) is 11.1. The van der Waals surface area contributed by atoms with E-state index in [0.29, 0.717) is 24.2 Å². The summed E-state index contributed by atoms with van der Waals surface area (Å²) in [5.41, 5.74) is 13.6. The van der Waals surface area contributed by atoms with Gasteiger partial charge in [-0.05, 0) is 81.7 Å². The number of hydrogen-bond donors (Lipinski definition) is 2. The summed E-state index contributed by atoms with van der Waals surface area (Å²) in [5.74, 6) is 2.42. The van der Waals surface area contributed by atoms with E-state index in [1.807, 2.05) is 54.5 Å². The minimum Gasteiger partial charge on any atom is -0.494 e. The maximum atomic E-state index is 13.2. The molecule has 2 bridgehead atoms. The van der Waals surface area contributed by atoms with Gasteiger partial charge >= 0.3 is 0 Å². The molecule has 11 nitrogen and oxygen atoms in total. The number of nitrogens with two attached hydrogens (primary N) is 1. The highest BCUT2D eigenvalue weighted by atomic mass is 16.5. The van der Waals surface area contributed by atoms with Crippen molar-refractivity contribution in [2.45, 2.75) is 69.4 Å². The largest absolute Gasteiger partial charge is 0.494 e. The number of ether oxygens (including phenoxy) is 1. The van der Waals surface area contributed by atoms with Gasteiger partial charge < -0.3 is 20.4 Å². The molecule has 4 aromatic heterocycles. The summed E-state index contributed by atoms with van der Waals surface area (Å²) in [5, 5.41) is 12.5. The Balaban J connectivity index is 1.12. The molecule has 0 unspecified atom stereocenters. The Labute approximate surface area is 248 Å². The molecule has 3 atom stereocenters. The molecular weight excluding hydrogens is 542 g/mol. The van der Waals surface area contributed by atoms with Gasteiger partial charge in [-0.2, -0.15) is 9.61 Å². The van der Waals surface area contributed by atoms with E-state index >= 15 is 0 Å². The van der Waals surface area contributed by atoms with Crippen molar-refractivity contribution in [3.63, 3.8) is 0 Å². The first kappa shape index (κ1) is 25.9. The van der Waals surface area contributed by atoms with E-state index in [2.05, 4.69) is 26.3 Å². The topological polar surface area (TPSA) is 140 Å². The number of pyridine rings is 1. The molecule has 1 aliphatic carbocycles. The fraction of sp³-hybridized carbons (Fsp3) is 0.375. The molecule has 8 rings (SSSR count). The molecule has 218 valence electrons. The van der Waals surface area contributed by atoms with Crippen molar-refractivity contribution in [2.75, 3.05) is 12.3 Å². The number of piperidine rings is 1. The summed E-state index contributed by atoms with van der Waals surface area (Å²) in [6.45, 7) is 2.61. The SMILES string of the molecule is CCOc1ccc(-c2ccc(-c3cnn4c(N)c(C5CC5)c([C@H]5C[C@H]6CC[C@@H](C5)N6C(=O)c5nnc[nH]5)nc34)cn2)cc1. The van der Waals surface area contributed by atoms with Gasteiger partial charge in [0.05, 0.1) is 24.2 Å². The smallest absolute Gasteiger partial charge is 0.292 e. The van der Waals surface area contributed by atoms with Crippen LogP contribution in [0.15, 0.2) is 55.1 Å². The number of nitrogens with one attached hydrogen (secondary N) is 1. The minimum atomic E-state index is -0.0620. The standard InChI is InChI=1S/C32H33N9O2/c1-2-43-24-10-5-18(6-11-24)26-12-7-20(15-34-26)25-16-37-41-29(33)27(19-3-4-19)28(38-31(25)41)21-13-22-8-9-23(14-21)40(22)32(42)30-35-17-36-39-30/h5-7,10-12,15-17,19,21-23H,2-4,8-9,13-14,33H2,1H3,(H,35,36,39)/t21-,22+,23-. The molecule has 0 spiro atoms. The third-order valence-electron chi connectivity index (χ3n) is 9.25. The summed E-state index contributed by atoms with van der Waals surface area (Å²) < 4.78 is 7.37. The van der Waals surface area contributed by atoms with Gasteiger partial charge in [0, 0.05) is 46.5 Å². The molecule has 1 saturated carbocycles. The number of H-pyrrole nitrogens is 1. The number of nitrogen functional groups attached to an aromatic ring is 1. The number of aromatic nitrogens is 7. The fourth-order valence-electron chi connectivity index (χ4n) is 7.13. The second kappa shape index (κ2) is 10.2. The van der Waals surface area contributed by atoms with Crippen molar-refractivity contribution in [1.82, 2.24) is 39.7 Å². The Morgan fingerprint density at radius 3 is 2.42 bits per heavy atom. The number of hydrogen-bond acceptors (Lipinski definition) is 8. The van der Waals surface area contributed by atoms with E-state index in [1.165, 1.54) is 6.33 Å². The Kier molecular flexibility index (Phi) is 6.13. The highest BCUT2D eigenvalue weighted by Gasteiger charge is 2.46. The van der Waals surface area contributed by atoms with Crippen molar-refractivity contribution in [3.8, 4) is 28.1 Å². The van der Waals surface area contributed by atoms with Crippen LogP contribution < -0.4 is 10.5 Å². The average Bonchev–Trinajstić information content (AvgIpc) is 3.41. The van der Waals surface area contributed by atoms with Crippen molar-refractivity contribution in [2.24, 2.45) is 0 Å². The lowest BCUT2D eigenvalue weighted by Crippen LogP contribution is -2.46. The highest BCUT2D eigenvalue weighted by molar-refractivity contribution is 5.91. The Hall–Kier alpha value is -4.80.